The van der Waals surface area contributed by atoms with Gasteiger partial charge in [0.15, 0.2) is 0 Å². The Morgan fingerprint density at radius 2 is 1.07 bits per heavy atom. The van der Waals surface area contributed by atoms with Crippen LogP contribution >= 0.6 is 23.2 Å². The summed E-state index contributed by atoms with van der Waals surface area (Å²) in [6.45, 7) is 8.38. The minimum absolute atomic E-state index is 0.00706. The van der Waals surface area contributed by atoms with Crippen LogP contribution in [0.1, 0.15) is 93.1 Å². The summed E-state index contributed by atoms with van der Waals surface area (Å²) in [5.41, 5.74) is 10.9. The van der Waals surface area contributed by atoms with E-state index in [1.54, 1.807) is 55.7 Å². The zero-order valence-corrected chi connectivity index (χ0v) is 48.4. The van der Waals surface area contributed by atoms with E-state index in [1.165, 1.54) is 12.4 Å². The fraction of sp³-hybridized carbons (Fsp3) is 0.254. The maximum absolute atomic E-state index is 12.5. The molecule has 0 saturated carbocycles. The molecule has 430 valence electrons. The fourth-order valence-corrected chi connectivity index (χ4v) is 9.87. The first-order valence-corrected chi connectivity index (χ1v) is 28.0. The van der Waals surface area contributed by atoms with Crippen LogP contribution in [0.25, 0.3) is 11.1 Å². The summed E-state index contributed by atoms with van der Waals surface area (Å²) in [5.74, 6) is -1.35. The maximum Gasteiger partial charge on any atom is 0.323 e. The van der Waals surface area contributed by atoms with Gasteiger partial charge in [-0.25, -0.2) is 0 Å². The molecule has 0 aliphatic rings. The minimum atomic E-state index is -1.09. The van der Waals surface area contributed by atoms with Gasteiger partial charge in [0.1, 0.15) is 67.6 Å². The van der Waals surface area contributed by atoms with Crippen molar-refractivity contribution < 1.29 is 48.2 Å². The number of nitrogens with one attached hydrogen (secondary N) is 1. The summed E-state index contributed by atoms with van der Waals surface area (Å²) in [5, 5.41) is 43.2. The van der Waals surface area contributed by atoms with E-state index in [0.717, 1.165) is 44.5 Å². The Balaban J connectivity index is 0.978. The second-order valence-corrected chi connectivity index (χ2v) is 21.0. The molecule has 0 amide bonds. The number of halogens is 2. The van der Waals surface area contributed by atoms with Crippen molar-refractivity contribution in [2.45, 2.75) is 98.4 Å². The zero-order chi connectivity index (χ0) is 59.5. The normalized spacial score (nSPS) is 12.5. The summed E-state index contributed by atoms with van der Waals surface area (Å²) in [7, 11) is 0. The number of carboxylic acids is 2. The second-order valence-electron chi connectivity index (χ2n) is 20.2. The Morgan fingerprint density at radius 1 is 0.560 bits per heavy atom. The molecular formula is C67H63Cl2N5O10. The molecular weight excluding hydrogens is 1110 g/mol. The zero-order valence-electron chi connectivity index (χ0n) is 46.9. The third-order valence-corrected chi connectivity index (χ3v) is 14.9. The SMILES string of the molecule is Cc1c(COc2cc(OCc3cncc(C#N)c3)c(CC[C@@H](COC(C)c3ccccc3)C(=O)O)cc2Cl)cccc1-c1cccc(COc2cc(OCc3cncc(C#N)c3)c(CN[C@H](C(=O)O)[C@@H](C)OCc3ccccc3)cc2Cl)c1C. The Labute approximate surface area is 498 Å². The van der Waals surface area contributed by atoms with E-state index >= 15 is 0 Å². The lowest BCUT2D eigenvalue weighted by molar-refractivity contribution is -0.145. The minimum Gasteiger partial charge on any atom is -0.488 e. The molecule has 17 heteroatoms. The van der Waals surface area contributed by atoms with Crippen molar-refractivity contribution in [3.8, 4) is 46.3 Å². The van der Waals surface area contributed by atoms with Crippen LogP contribution in [-0.2, 0) is 65.1 Å². The van der Waals surface area contributed by atoms with Gasteiger partial charge in [-0.1, -0.05) is 120 Å². The number of carboxylic acid groups (broad SMARTS) is 2. The van der Waals surface area contributed by atoms with Crippen LogP contribution in [-0.4, -0.2) is 50.9 Å². The third kappa shape index (κ3) is 16.7. The van der Waals surface area contributed by atoms with E-state index in [4.69, 9.17) is 51.6 Å². The molecule has 8 rings (SSSR count). The van der Waals surface area contributed by atoms with Gasteiger partial charge in [-0.2, -0.15) is 10.5 Å². The average Bonchev–Trinajstić information content (AvgIpc) is 3.51. The van der Waals surface area contributed by atoms with Crippen LogP contribution in [0.4, 0.5) is 0 Å². The quantitative estimate of drug-likeness (QED) is 0.0397. The number of rotatable bonds is 29. The van der Waals surface area contributed by atoms with Crippen LogP contribution in [0.15, 0.2) is 158 Å². The van der Waals surface area contributed by atoms with Crippen molar-refractivity contribution in [1.29, 1.82) is 10.5 Å². The average molecular weight is 1170 g/mol. The first kappa shape index (κ1) is 61.3. The van der Waals surface area contributed by atoms with E-state index < -0.39 is 30.0 Å². The largest absolute Gasteiger partial charge is 0.488 e. The lowest BCUT2D eigenvalue weighted by Crippen LogP contribution is -2.45. The molecule has 8 aromatic rings. The number of aliphatic carboxylic acids is 2. The Kier molecular flexibility index (Phi) is 21.9. The molecule has 3 N–H and O–H groups in total. The van der Waals surface area contributed by atoms with Gasteiger partial charge < -0.3 is 38.6 Å². The lowest BCUT2D eigenvalue weighted by Gasteiger charge is -2.23. The van der Waals surface area contributed by atoms with Gasteiger partial charge in [0.25, 0.3) is 0 Å². The van der Waals surface area contributed by atoms with E-state index in [2.05, 4.69) is 27.4 Å². The highest BCUT2D eigenvalue weighted by Gasteiger charge is 2.27. The molecule has 6 aromatic carbocycles. The van der Waals surface area contributed by atoms with Crippen molar-refractivity contribution in [2.75, 3.05) is 6.61 Å². The number of aryl methyl sites for hydroxylation is 1. The van der Waals surface area contributed by atoms with Gasteiger partial charge in [-0.3, -0.25) is 24.9 Å². The highest BCUT2D eigenvalue weighted by atomic mass is 35.5. The molecule has 2 aromatic heterocycles. The highest BCUT2D eigenvalue weighted by Crippen LogP contribution is 2.38. The number of nitrogens with zero attached hydrogens (tertiary/aromatic N) is 4. The van der Waals surface area contributed by atoms with Crippen molar-refractivity contribution in [3.05, 3.63) is 235 Å². The molecule has 0 saturated heterocycles. The van der Waals surface area contributed by atoms with E-state index in [-0.39, 0.29) is 63.7 Å². The van der Waals surface area contributed by atoms with Crippen LogP contribution in [0.2, 0.25) is 10.0 Å². The summed E-state index contributed by atoms with van der Waals surface area (Å²) in [6.07, 6.45) is 5.71. The first-order valence-electron chi connectivity index (χ1n) is 27.2. The van der Waals surface area contributed by atoms with E-state index in [0.29, 0.717) is 67.8 Å². The third-order valence-electron chi connectivity index (χ3n) is 14.3. The first-order chi connectivity index (χ1) is 40.7. The number of hydrogen-bond acceptors (Lipinski definition) is 13. The van der Waals surface area contributed by atoms with Crippen molar-refractivity contribution in [3.63, 3.8) is 0 Å². The van der Waals surface area contributed by atoms with Crippen molar-refractivity contribution in [2.24, 2.45) is 5.92 Å². The molecule has 1 unspecified atom stereocenters. The van der Waals surface area contributed by atoms with E-state index in [1.807, 2.05) is 118 Å². The Hall–Kier alpha value is -8.80. The van der Waals surface area contributed by atoms with E-state index in [9.17, 15) is 30.3 Å². The van der Waals surface area contributed by atoms with Crippen LogP contribution in [0.5, 0.6) is 23.0 Å². The summed E-state index contributed by atoms with van der Waals surface area (Å²) in [4.78, 5) is 33.4. The molecule has 0 aliphatic carbocycles. The smallest absolute Gasteiger partial charge is 0.323 e. The summed E-state index contributed by atoms with van der Waals surface area (Å²) in [6, 6.07) is 44.5. The number of ether oxygens (including phenoxy) is 6. The van der Waals surface area contributed by atoms with Crippen LogP contribution in [0, 0.1) is 42.4 Å². The van der Waals surface area contributed by atoms with Gasteiger partial charge in [-0.15, -0.1) is 0 Å². The van der Waals surface area contributed by atoms with Gasteiger partial charge in [0.05, 0.1) is 52.5 Å². The molecule has 4 atom stereocenters. The molecule has 0 fully saturated rings. The molecule has 0 spiro atoms. The molecule has 84 heavy (non-hydrogen) atoms. The highest BCUT2D eigenvalue weighted by molar-refractivity contribution is 6.32. The molecule has 15 nitrogen and oxygen atoms in total. The standard InChI is InChI=1S/C67H63Cl2N5O10/c1-42-53(39-83-63-27-61(81-37-49-23-47(29-70)31-72-33-49)52(25-59(63)68)21-22-55(66(75)76)41-80-44(3)51-15-9-6-10-16-51)17-11-19-57(42)58-20-12-18-54(43(58)2)40-84-64-28-62(82-38-50-24-48(30-71)32-73-34-50)56(26-60(64)69)35-74-65(67(77)78)45(4)79-36-46-13-7-5-8-14-46/h5-20,23-28,31-34,44-45,55,65,74H,21-22,35-41H2,1-4H3,(H,75,76)(H,77,78)/t44?,45-,55+,65+/m1/s1. The number of pyridine rings is 2. The summed E-state index contributed by atoms with van der Waals surface area (Å²) < 4.78 is 37.7. The molecule has 0 bridgehead atoms. The van der Waals surface area contributed by atoms with Gasteiger partial charge in [0.2, 0.25) is 0 Å². The number of benzene rings is 6. The van der Waals surface area contributed by atoms with Gasteiger partial charge >= 0.3 is 11.9 Å². The van der Waals surface area contributed by atoms with Gasteiger partial charge in [0, 0.05) is 60.2 Å². The topological polar surface area (TPSA) is 215 Å². The second kappa shape index (κ2) is 30.0. The van der Waals surface area contributed by atoms with Crippen LogP contribution < -0.4 is 24.3 Å². The Morgan fingerprint density at radius 3 is 1.60 bits per heavy atom. The monoisotopic (exact) mass is 1170 g/mol. The molecule has 0 radical (unpaired) electrons. The number of hydrogen-bond donors (Lipinski definition) is 3. The van der Waals surface area contributed by atoms with Crippen molar-refractivity contribution >= 4 is 35.1 Å². The molecule has 0 aliphatic heterocycles. The summed E-state index contributed by atoms with van der Waals surface area (Å²) >= 11 is 13.9. The number of aromatic nitrogens is 2. The number of carbonyl (C=O) groups is 2. The maximum atomic E-state index is 12.5. The number of nitriles is 2. The molecule has 2 heterocycles. The lowest BCUT2D eigenvalue weighted by atomic mass is 9.92. The predicted molar refractivity (Wildman–Crippen MR) is 319 cm³/mol. The fourth-order valence-electron chi connectivity index (χ4n) is 9.39. The van der Waals surface area contributed by atoms with Crippen molar-refractivity contribution in [1.82, 2.24) is 15.3 Å². The van der Waals surface area contributed by atoms with Crippen LogP contribution in [0.3, 0.4) is 0 Å². The predicted octanol–water partition coefficient (Wildman–Crippen LogP) is 13.7. The van der Waals surface area contributed by atoms with Gasteiger partial charge in [-0.05, 0) is 115 Å². The Bertz CT molecular complexity index is 3650.